The lowest BCUT2D eigenvalue weighted by molar-refractivity contribution is -0.123. The molecular weight excluding hydrogens is 345 g/mol. The van der Waals surface area contributed by atoms with Gasteiger partial charge in [0, 0.05) is 25.2 Å². The Balaban J connectivity index is 1.60. The number of carbonyl (C=O) groups is 1. The molecule has 0 radical (unpaired) electrons. The van der Waals surface area contributed by atoms with Crippen LogP contribution >= 0.6 is 0 Å². The first-order chi connectivity index (χ1) is 13.0. The molecule has 1 N–H and O–H groups in total. The number of carbonyl (C=O) groups excluding carboxylic acids is 1. The fourth-order valence-electron chi connectivity index (χ4n) is 3.40. The first kappa shape index (κ1) is 19.4. The van der Waals surface area contributed by atoms with Crippen molar-refractivity contribution in [1.82, 2.24) is 5.32 Å². The second-order valence-corrected chi connectivity index (χ2v) is 7.21. The Hall–Kier alpha value is -2.40. The van der Waals surface area contributed by atoms with Gasteiger partial charge in [-0.2, -0.15) is 0 Å². The third-order valence-corrected chi connectivity index (χ3v) is 5.38. The van der Waals surface area contributed by atoms with Gasteiger partial charge in [-0.1, -0.05) is 18.2 Å². The van der Waals surface area contributed by atoms with Crippen LogP contribution in [0.5, 0.6) is 5.75 Å². The number of hydrogen-bond donors (Lipinski definition) is 1. The van der Waals surface area contributed by atoms with Crippen LogP contribution in [0.3, 0.4) is 0 Å². The van der Waals surface area contributed by atoms with E-state index in [-0.39, 0.29) is 23.7 Å². The van der Waals surface area contributed by atoms with Gasteiger partial charge >= 0.3 is 0 Å². The highest BCUT2D eigenvalue weighted by atomic mass is 19.1. The number of hydrogen-bond acceptors (Lipinski definition) is 3. The van der Waals surface area contributed by atoms with Crippen molar-refractivity contribution in [3.05, 3.63) is 65.0 Å². The molecule has 1 fully saturated rings. The minimum atomic E-state index is -0.258. The van der Waals surface area contributed by atoms with Crippen molar-refractivity contribution >= 4 is 5.91 Å². The van der Waals surface area contributed by atoms with E-state index >= 15 is 0 Å². The normalized spacial score (nSPS) is 16.0. The van der Waals surface area contributed by atoms with Gasteiger partial charge in [0.05, 0.1) is 0 Å². The molecule has 2 aromatic rings. The van der Waals surface area contributed by atoms with E-state index in [0.717, 1.165) is 24.0 Å². The van der Waals surface area contributed by atoms with E-state index in [9.17, 15) is 9.18 Å². The Bertz CT molecular complexity index is 783. The van der Waals surface area contributed by atoms with Crippen molar-refractivity contribution in [2.75, 3.05) is 26.4 Å². The maximum absolute atomic E-state index is 13.3. The average Bonchev–Trinajstić information content (AvgIpc) is 2.68. The number of halogens is 1. The van der Waals surface area contributed by atoms with Crippen LogP contribution < -0.4 is 10.1 Å². The summed E-state index contributed by atoms with van der Waals surface area (Å²) in [6.07, 6.45) is 1.58. The van der Waals surface area contributed by atoms with Crippen molar-refractivity contribution in [2.45, 2.75) is 32.1 Å². The molecule has 2 aromatic carbocycles. The molecule has 27 heavy (non-hydrogen) atoms. The summed E-state index contributed by atoms with van der Waals surface area (Å²) >= 11 is 0. The molecule has 0 unspecified atom stereocenters. The topological polar surface area (TPSA) is 47.6 Å². The van der Waals surface area contributed by atoms with Gasteiger partial charge in [0.15, 0.2) is 6.61 Å². The third kappa shape index (κ3) is 4.86. The van der Waals surface area contributed by atoms with E-state index in [2.05, 4.69) is 5.32 Å². The largest absolute Gasteiger partial charge is 0.484 e. The van der Waals surface area contributed by atoms with Gasteiger partial charge in [0.1, 0.15) is 11.6 Å². The van der Waals surface area contributed by atoms with Crippen LogP contribution in [0.25, 0.3) is 0 Å². The molecule has 1 heterocycles. The van der Waals surface area contributed by atoms with Gasteiger partial charge in [-0.3, -0.25) is 4.79 Å². The van der Waals surface area contributed by atoms with Crippen LogP contribution in [0.1, 0.15) is 29.5 Å². The maximum atomic E-state index is 13.3. The lowest BCUT2D eigenvalue weighted by Gasteiger charge is -2.38. The molecule has 5 heteroatoms. The summed E-state index contributed by atoms with van der Waals surface area (Å²) in [5.74, 6) is 0.264. The molecule has 1 amide bonds. The summed E-state index contributed by atoms with van der Waals surface area (Å²) in [7, 11) is 0. The van der Waals surface area contributed by atoms with Gasteiger partial charge in [0.25, 0.3) is 5.91 Å². The predicted molar refractivity (Wildman–Crippen MR) is 103 cm³/mol. The molecule has 4 nitrogen and oxygen atoms in total. The number of amides is 1. The highest BCUT2D eigenvalue weighted by molar-refractivity contribution is 5.77. The van der Waals surface area contributed by atoms with Crippen molar-refractivity contribution < 1.29 is 18.7 Å². The molecule has 144 valence electrons. The first-order valence-corrected chi connectivity index (χ1v) is 9.29. The summed E-state index contributed by atoms with van der Waals surface area (Å²) < 4.78 is 24.4. The molecule has 0 aromatic heterocycles. The van der Waals surface area contributed by atoms with Crippen LogP contribution in [0.2, 0.25) is 0 Å². The van der Waals surface area contributed by atoms with E-state index in [4.69, 9.17) is 9.47 Å². The Morgan fingerprint density at radius 2 is 1.81 bits per heavy atom. The zero-order valence-corrected chi connectivity index (χ0v) is 15.9. The van der Waals surface area contributed by atoms with Crippen LogP contribution in [0.4, 0.5) is 4.39 Å². The molecule has 1 saturated heterocycles. The molecule has 0 bridgehead atoms. The second-order valence-electron chi connectivity index (χ2n) is 7.21. The summed E-state index contributed by atoms with van der Waals surface area (Å²) in [5, 5.41) is 2.99. The van der Waals surface area contributed by atoms with Crippen LogP contribution in [0, 0.1) is 19.7 Å². The molecule has 1 aliphatic rings. The number of rotatable bonds is 6. The minimum Gasteiger partial charge on any atom is -0.484 e. The summed E-state index contributed by atoms with van der Waals surface area (Å²) in [6.45, 7) is 5.77. The highest BCUT2D eigenvalue weighted by Gasteiger charge is 2.34. The Morgan fingerprint density at radius 3 is 2.48 bits per heavy atom. The smallest absolute Gasteiger partial charge is 0.257 e. The molecular formula is C22H26FNO3. The van der Waals surface area contributed by atoms with Crippen molar-refractivity contribution in [3.63, 3.8) is 0 Å². The number of benzene rings is 2. The lowest BCUT2D eigenvalue weighted by Crippen LogP contribution is -2.45. The molecule has 1 aliphatic heterocycles. The second kappa shape index (κ2) is 8.53. The van der Waals surface area contributed by atoms with Crippen LogP contribution in [-0.2, 0) is 14.9 Å². The Morgan fingerprint density at radius 1 is 1.11 bits per heavy atom. The fourth-order valence-corrected chi connectivity index (χ4v) is 3.40. The molecule has 0 spiro atoms. The summed E-state index contributed by atoms with van der Waals surface area (Å²) in [5.41, 5.74) is 3.11. The third-order valence-electron chi connectivity index (χ3n) is 5.38. The highest BCUT2D eigenvalue weighted by Crippen LogP contribution is 2.34. The lowest BCUT2D eigenvalue weighted by atomic mass is 9.74. The van der Waals surface area contributed by atoms with E-state index < -0.39 is 0 Å². The SMILES string of the molecule is Cc1ccc(OCC(=O)NCC2(c3ccc(F)cc3)CCOCC2)cc1C. The Labute approximate surface area is 159 Å². The molecule has 3 rings (SSSR count). The quantitative estimate of drug-likeness (QED) is 0.843. The molecule has 0 aliphatic carbocycles. The van der Waals surface area contributed by atoms with Gasteiger partial charge in [-0.25, -0.2) is 4.39 Å². The van der Waals surface area contributed by atoms with Crippen molar-refractivity contribution in [3.8, 4) is 5.75 Å². The maximum Gasteiger partial charge on any atom is 0.257 e. The van der Waals surface area contributed by atoms with Gasteiger partial charge in [-0.05, 0) is 67.6 Å². The summed E-state index contributed by atoms with van der Waals surface area (Å²) in [4.78, 5) is 12.3. The number of nitrogens with one attached hydrogen (secondary N) is 1. The number of aryl methyl sites for hydroxylation is 2. The predicted octanol–water partition coefficient (Wildman–Crippen LogP) is 3.69. The van der Waals surface area contributed by atoms with E-state index in [1.54, 1.807) is 12.1 Å². The van der Waals surface area contributed by atoms with Gasteiger partial charge in [0.2, 0.25) is 0 Å². The zero-order valence-electron chi connectivity index (χ0n) is 15.9. The van der Waals surface area contributed by atoms with Crippen molar-refractivity contribution in [2.24, 2.45) is 0 Å². The van der Waals surface area contributed by atoms with Gasteiger partial charge < -0.3 is 14.8 Å². The molecule has 0 atom stereocenters. The zero-order chi connectivity index (χ0) is 19.3. The van der Waals surface area contributed by atoms with Crippen LogP contribution in [0.15, 0.2) is 42.5 Å². The van der Waals surface area contributed by atoms with E-state index in [1.165, 1.54) is 17.7 Å². The van der Waals surface area contributed by atoms with Gasteiger partial charge in [-0.15, -0.1) is 0 Å². The average molecular weight is 371 g/mol. The Kier molecular flexibility index (Phi) is 6.11. The van der Waals surface area contributed by atoms with Crippen LogP contribution in [-0.4, -0.2) is 32.3 Å². The summed E-state index contributed by atoms with van der Waals surface area (Å²) in [6, 6.07) is 12.3. The van der Waals surface area contributed by atoms with Crippen molar-refractivity contribution in [1.29, 1.82) is 0 Å². The van der Waals surface area contributed by atoms with E-state index in [0.29, 0.717) is 25.5 Å². The van der Waals surface area contributed by atoms with E-state index in [1.807, 2.05) is 32.0 Å². The first-order valence-electron chi connectivity index (χ1n) is 9.29. The monoisotopic (exact) mass is 371 g/mol. The number of ether oxygens (including phenoxy) is 2. The standard InChI is InChI=1S/C22H26FNO3/c1-16-3-8-20(13-17(16)2)27-14-21(25)24-15-22(9-11-26-12-10-22)18-4-6-19(23)7-5-18/h3-8,13H,9-12,14-15H2,1-2H3,(H,24,25). The minimum absolute atomic E-state index is 0.0293. The molecule has 0 saturated carbocycles. The fraction of sp³-hybridized carbons (Fsp3) is 0.409.